The number of hydrogen-bond acceptors (Lipinski definition) is 3. The number of fused-ring (bicyclic) bond motifs is 2. The summed E-state index contributed by atoms with van der Waals surface area (Å²) >= 11 is 0. The van der Waals surface area contributed by atoms with Crippen molar-refractivity contribution < 1.29 is 14.6 Å². The molecule has 4 heteroatoms. The lowest BCUT2D eigenvalue weighted by Crippen LogP contribution is -2.41. The first-order valence-corrected chi connectivity index (χ1v) is 8.27. The van der Waals surface area contributed by atoms with E-state index in [4.69, 9.17) is 4.74 Å². The minimum atomic E-state index is -0.635. The van der Waals surface area contributed by atoms with Gasteiger partial charge in [-0.2, -0.15) is 0 Å². The van der Waals surface area contributed by atoms with Crippen molar-refractivity contribution in [1.29, 1.82) is 0 Å². The van der Waals surface area contributed by atoms with Crippen LogP contribution in [0.4, 0.5) is 0 Å². The van der Waals surface area contributed by atoms with E-state index >= 15 is 0 Å². The van der Waals surface area contributed by atoms with E-state index in [1.54, 1.807) is 4.90 Å². The highest BCUT2D eigenvalue weighted by Crippen LogP contribution is 2.39. The van der Waals surface area contributed by atoms with Gasteiger partial charge >= 0.3 is 0 Å². The Hall–Kier alpha value is -1.39. The summed E-state index contributed by atoms with van der Waals surface area (Å²) in [5.41, 5.74) is 2.03. The van der Waals surface area contributed by atoms with Gasteiger partial charge in [0.25, 0.3) is 0 Å². The molecule has 4 nitrogen and oxygen atoms in total. The van der Waals surface area contributed by atoms with E-state index in [-0.39, 0.29) is 24.0 Å². The molecule has 2 bridgehead atoms. The zero-order chi connectivity index (χ0) is 15.7. The van der Waals surface area contributed by atoms with Crippen LogP contribution in [0.5, 0.6) is 0 Å². The molecule has 0 aliphatic carbocycles. The molecular weight excluding hydrogens is 278 g/mol. The van der Waals surface area contributed by atoms with Crippen molar-refractivity contribution in [2.24, 2.45) is 5.92 Å². The Bertz CT molecular complexity index is 528. The molecule has 0 saturated carbocycles. The van der Waals surface area contributed by atoms with Crippen LogP contribution in [0.2, 0.25) is 0 Å². The largest absolute Gasteiger partial charge is 0.387 e. The highest BCUT2D eigenvalue weighted by Gasteiger charge is 2.45. The fraction of sp³-hybridized carbons (Fsp3) is 0.611. The maximum Gasteiger partial charge on any atom is 0.228 e. The van der Waals surface area contributed by atoms with Gasteiger partial charge in [0.15, 0.2) is 0 Å². The Morgan fingerprint density at radius 2 is 2.09 bits per heavy atom. The van der Waals surface area contributed by atoms with Crippen molar-refractivity contribution in [3.05, 3.63) is 35.4 Å². The van der Waals surface area contributed by atoms with Crippen LogP contribution in [0, 0.1) is 12.8 Å². The van der Waals surface area contributed by atoms with Gasteiger partial charge in [0, 0.05) is 6.54 Å². The molecule has 0 unspecified atom stereocenters. The predicted octanol–water partition coefficient (Wildman–Crippen LogP) is 2.44. The summed E-state index contributed by atoms with van der Waals surface area (Å²) in [6, 6.07) is 7.83. The van der Waals surface area contributed by atoms with Gasteiger partial charge in [0.1, 0.15) is 0 Å². The van der Waals surface area contributed by atoms with Crippen molar-refractivity contribution in [2.45, 2.75) is 51.4 Å². The van der Waals surface area contributed by atoms with Gasteiger partial charge in [-0.15, -0.1) is 0 Å². The molecule has 2 heterocycles. The van der Waals surface area contributed by atoms with Crippen LogP contribution in [0.1, 0.15) is 43.4 Å². The van der Waals surface area contributed by atoms with Gasteiger partial charge in [0.05, 0.1) is 30.8 Å². The third-order valence-corrected chi connectivity index (χ3v) is 4.97. The van der Waals surface area contributed by atoms with Crippen LogP contribution >= 0.6 is 0 Å². The molecule has 0 spiro atoms. The van der Waals surface area contributed by atoms with Crippen LogP contribution < -0.4 is 0 Å². The molecular formula is C18H25NO3. The average molecular weight is 303 g/mol. The molecule has 3 rings (SSSR count). The minimum Gasteiger partial charge on any atom is -0.387 e. The SMILES string of the molecule is CCN(C[C@H](O)c1ccc(C)cc1)C(=O)[C@H]1C[C@H]2CC[C@H]1O2. The number of hydrogen-bond donors (Lipinski definition) is 1. The number of aliphatic hydroxyl groups excluding tert-OH is 1. The van der Waals surface area contributed by atoms with Crippen molar-refractivity contribution in [2.75, 3.05) is 13.1 Å². The van der Waals surface area contributed by atoms with Gasteiger partial charge in [-0.1, -0.05) is 29.8 Å². The maximum absolute atomic E-state index is 12.7. The molecule has 120 valence electrons. The molecule has 2 fully saturated rings. The number of amides is 1. The number of ether oxygens (including phenoxy) is 1. The third kappa shape index (κ3) is 3.03. The first kappa shape index (κ1) is 15.5. The van der Waals surface area contributed by atoms with Crippen LogP contribution in [-0.4, -0.2) is 41.2 Å². The zero-order valence-electron chi connectivity index (χ0n) is 13.4. The van der Waals surface area contributed by atoms with Gasteiger partial charge in [-0.05, 0) is 38.7 Å². The smallest absolute Gasteiger partial charge is 0.228 e. The molecule has 0 radical (unpaired) electrons. The average Bonchev–Trinajstić information content (AvgIpc) is 3.15. The van der Waals surface area contributed by atoms with Crippen LogP contribution in [0.3, 0.4) is 0 Å². The van der Waals surface area contributed by atoms with Crippen LogP contribution in [0.15, 0.2) is 24.3 Å². The number of carbonyl (C=O) groups is 1. The van der Waals surface area contributed by atoms with Gasteiger partial charge in [-0.25, -0.2) is 0 Å². The summed E-state index contributed by atoms with van der Waals surface area (Å²) in [5, 5.41) is 10.4. The Morgan fingerprint density at radius 1 is 1.36 bits per heavy atom. The Labute approximate surface area is 132 Å². The molecule has 2 aliphatic heterocycles. The third-order valence-electron chi connectivity index (χ3n) is 4.97. The monoisotopic (exact) mass is 303 g/mol. The first-order valence-electron chi connectivity index (χ1n) is 8.27. The molecule has 4 atom stereocenters. The number of likely N-dealkylation sites (N-methyl/N-ethyl adjacent to an activating group) is 1. The second-order valence-electron chi connectivity index (χ2n) is 6.52. The summed E-state index contributed by atoms with van der Waals surface area (Å²) in [4.78, 5) is 14.5. The molecule has 1 aromatic carbocycles. The predicted molar refractivity (Wildman–Crippen MR) is 84.4 cm³/mol. The summed E-state index contributed by atoms with van der Waals surface area (Å²) in [7, 11) is 0. The van der Waals surface area contributed by atoms with E-state index in [9.17, 15) is 9.90 Å². The van der Waals surface area contributed by atoms with E-state index in [2.05, 4.69) is 0 Å². The number of aliphatic hydroxyl groups is 1. The lowest BCUT2D eigenvalue weighted by molar-refractivity contribution is -0.138. The highest BCUT2D eigenvalue weighted by atomic mass is 16.5. The lowest BCUT2D eigenvalue weighted by atomic mass is 9.88. The fourth-order valence-corrected chi connectivity index (χ4v) is 3.61. The number of nitrogens with zero attached hydrogens (tertiary/aromatic N) is 1. The van der Waals surface area contributed by atoms with Crippen LogP contribution in [0.25, 0.3) is 0 Å². The molecule has 1 amide bonds. The van der Waals surface area contributed by atoms with Gasteiger partial charge < -0.3 is 14.7 Å². The van der Waals surface area contributed by atoms with E-state index in [1.165, 1.54) is 5.56 Å². The van der Waals surface area contributed by atoms with Gasteiger partial charge in [0.2, 0.25) is 5.91 Å². The molecule has 2 saturated heterocycles. The van der Waals surface area contributed by atoms with E-state index in [0.717, 1.165) is 24.8 Å². The fourth-order valence-electron chi connectivity index (χ4n) is 3.61. The number of carbonyl (C=O) groups excluding carboxylic acids is 1. The van der Waals surface area contributed by atoms with Crippen molar-refractivity contribution in [1.82, 2.24) is 4.90 Å². The second-order valence-corrected chi connectivity index (χ2v) is 6.52. The molecule has 22 heavy (non-hydrogen) atoms. The topological polar surface area (TPSA) is 49.8 Å². The van der Waals surface area contributed by atoms with Crippen molar-refractivity contribution in [3.8, 4) is 0 Å². The Kier molecular flexibility index (Phi) is 4.50. The number of rotatable bonds is 5. The van der Waals surface area contributed by atoms with Crippen molar-refractivity contribution >= 4 is 5.91 Å². The van der Waals surface area contributed by atoms with E-state index in [0.29, 0.717) is 13.1 Å². The molecule has 1 N–H and O–H groups in total. The summed E-state index contributed by atoms with van der Waals surface area (Å²) in [6.07, 6.45) is 2.68. The standard InChI is InChI=1S/C18H25NO3/c1-3-19(11-16(20)13-6-4-12(2)5-7-13)18(21)15-10-14-8-9-17(15)22-14/h4-7,14-17,20H,3,8-11H2,1-2H3/t14-,15+,16+,17-/m1/s1. The molecule has 2 aliphatic rings. The second kappa shape index (κ2) is 6.39. The van der Waals surface area contributed by atoms with Crippen molar-refractivity contribution in [3.63, 3.8) is 0 Å². The van der Waals surface area contributed by atoms with E-state index < -0.39 is 6.10 Å². The van der Waals surface area contributed by atoms with E-state index in [1.807, 2.05) is 38.1 Å². The number of benzene rings is 1. The molecule has 1 aromatic rings. The quantitative estimate of drug-likeness (QED) is 0.909. The first-order chi connectivity index (χ1) is 10.6. The number of aryl methyl sites for hydroxylation is 1. The lowest BCUT2D eigenvalue weighted by Gasteiger charge is -2.29. The Morgan fingerprint density at radius 3 is 2.64 bits per heavy atom. The summed E-state index contributed by atoms with van der Waals surface area (Å²) in [5.74, 6) is 0.129. The summed E-state index contributed by atoms with van der Waals surface area (Å²) < 4.78 is 5.79. The van der Waals surface area contributed by atoms with Crippen LogP contribution in [-0.2, 0) is 9.53 Å². The minimum absolute atomic E-state index is 0.0103. The Balaban J connectivity index is 1.63. The maximum atomic E-state index is 12.7. The van der Waals surface area contributed by atoms with Gasteiger partial charge in [-0.3, -0.25) is 4.79 Å². The zero-order valence-corrected chi connectivity index (χ0v) is 13.4. The molecule has 0 aromatic heterocycles. The highest BCUT2D eigenvalue weighted by molar-refractivity contribution is 5.80. The summed E-state index contributed by atoms with van der Waals surface area (Å²) in [6.45, 7) is 4.96. The normalized spacial score (nSPS) is 27.9.